The second-order valence-electron chi connectivity index (χ2n) is 5.05. The van der Waals surface area contributed by atoms with Gasteiger partial charge in [0.2, 0.25) is 0 Å². The fraction of sp³-hybridized carbons (Fsp3) is 0.467. The Morgan fingerprint density at radius 1 is 1.37 bits per heavy atom. The van der Waals surface area contributed by atoms with Gasteiger partial charge in [0, 0.05) is 16.8 Å². The zero-order chi connectivity index (χ0) is 13.8. The fourth-order valence-corrected chi connectivity index (χ4v) is 3.46. The number of hydrogen-bond acceptors (Lipinski definition) is 2. The van der Waals surface area contributed by atoms with Crippen LogP contribution in [0.15, 0.2) is 24.3 Å². The van der Waals surface area contributed by atoms with Crippen molar-refractivity contribution in [2.24, 2.45) is 5.92 Å². The molecule has 102 valence electrons. The number of carbonyl (C=O) groups excluding carboxylic acids is 1. The summed E-state index contributed by atoms with van der Waals surface area (Å²) in [5, 5.41) is 9.11. The zero-order valence-corrected chi connectivity index (χ0v) is 12.8. The van der Waals surface area contributed by atoms with Gasteiger partial charge in [-0.2, -0.15) is 0 Å². The summed E-state index contributed by atoms with van der Waals surface area (Å²) < 4.78 is 0.563. The number of rotatable bonds is 5. The summed E-state index contributed by atoms with van der Waals surface area (Å²) in [4.78, 5) is 22.7. The van der Waals surface area contributed by atoms with Crippen LogP contribution in [0.3, 0.4) is 0 Å². The van der Waals surface area contributed by atoms with E-state index in [1.54, 1.807) is 0 Å². The molecule has 0 heterocycles. The van der Waals surface area contributed by atoms with Gasteiger partial charge in [-0.3, -0.25) is 9.59 Å². The smallest absolute Gasteiger partial charge is 0.311 e. The normalized spacial score (nSPS) is 20.5. The summed E-state index contributed by atoms with van der Waals surface area (Å²) in [6, 6.07) is 7.69. The molecule has 0 spiro atoms. The number of carbonyl (C=O) groups is 2. The van der Waals surface area contributed by atoms with Gasteiger partial charge in [-0.25, -0.2) is 0 Å². The Kier molecular flexibility index (Phi) is 4.96. The van der Waals surface area contributed by atoms with Gasteiger partial charge in [-0.1, -0.05) is 46.9 Å². The number of ketones is 1. The molecule has 0 bridgehead atoms. The third-order valence-corrected chi connectivity index (χ3v) is 4.63. The average molecular weight is 372 g/mol. The Morgan fingerprint density at radius 2 is 2.05 bits per heavy atom. The number of halogens is 1. The molecular weight excluding hydrogens is 355 g/mol. The van der Waals surface area contributed by atoms with E-state index in [0.717, 1.165) is 36.8 Å². The highest BCUT2D eigenvalue weighted by Gasteiger charge is 2.24. The third kappa shape index (κ3) is 3.55. The number of aliphatic carboxylic acids is 1. The molecule has 19 heavy (non-hydrogen) atoms. The second-order valence-corrected chi connectivity index (χ2v) is 5.93. The average Bonchev–Trinajstić information content (AvgIpc) is 2.78. The maximum atomic E-state index is 11.6. The minimum absolute atomic E-state index is 0.172. The van der Waals surface area contributed by atoms with Crippen LogP contribution in [0.5, 0.6) is 0 Å². The molecule has 0 aliphatic heterocycles. The number of carboxylic acids is 1. The Morgan fingerprint density at radius 3 is 2.53 bits per heavy atom. The lowest BCUT2D eigenvalue weighted by Crippen LogP contribution is -2.13. The van der Waals surface area contributed by atoms with Crippen LogP contribution in [0.4, 0.5) is 0 Å². The molecule has 0 amide bonds. The summed E-state index contributed by atoms with van der Waals surface area (Å²) in [5.41, 5.74) is 1.96. The van der Waals surface area contributed by atoms with Gasteiger partial charge in [0.1, 0.15) is 5.78 Å². The van der Waals surface area contributed by atoms with E-state index in [2.05, 4.69) is 22.6 Å². The maximum Gasteiger partial charge on any atom is 0.311 e. The molecule has 1 aromatic rings. The van der Waals surface area contributed by atoms with Gasteiger partial charge in [-0.15, -0.1) is 0 Å². The highest BCUT2D eigenvalue weighted by molar-refractivity contribution is 14.1. The zero-order valence-electron chi connectivity index (χ0n) is 10.6. The van der Waals surface area contributed by atoms with Gasteiger partial charge in [0.15, 0.2) is 0 Å². The van der Waals surface area contributed by atoms with Gasteiger partial charge in [-0.05, 0) is 30.4 Å². The first-order chi connectivity index (χ1) is 9.11. The largest absolute Gasteiger partial charge is 0.481 e. The van der Waals surface area contributed by atoms with Crippen molar-refractivity contribution in [1.82, 2.24) is 0 Å². The predicted octanol–water partition coefficient (Wildman–Crippen LogP) is 3.20. The molecule has 1 aromatic carbocycles. The van der Waals surface area contributed by atoms with Crippen LogP contribution in [-0.4, -0.2) is 21.3 Å². The number of hydrogen-bond donors (Lipinski definition) is 1. The van der Waals surface area contributed by atoms with E-state index >= 15 is 0 Å². The van der Waals surface area contributed by atoms with Crippen molar-refractivity contribution < 1.29 is 14.7 Å². The molecule has 0 radical (unpaired) electrons. The van der Waals surface area contributed by atoms with E-state index in [4.69, 9.17) is 5.11 Å². The lowest BCUT2D eigenvalue weighted by Gasteiger charge is -2.11. The monoisotopic (exact) mass is 372 g/mol. The molecule has 4 heteroatoms. The van der Waals surface area contributed by atoms with Gasteiger partial charge >= 0.3 is 5.97 Å². The van der Waals surface area contributed by atoms with E-state index in [1.165, 1.54) is 0 Å². The molecule has 1 N–H and O–H groups in total. The van der Waals surface area contributed by atoms with Crippen molar-refractivity contribution in [3.05, 3.63) is 35.4 Å². The van der Waals surface area contributed by atoms with Crippen LogP contribution in [-0.2, 0) is 16.0 Å². The Bertz CT molecular complexity index is 467. The van der Waals surface area contributed by atoms with Gasteiger partial charge in [0.05, 0.1) is 5.92 Å². The number of Topliss-reactive ketones (excluding diaryl/α,β-unsaturated/α-hetero) is 1. The van der Waals surface area contributed by atoms with Crippen LogP contribution < -0.4 is 0 Å². The molecule has 1 aliphatic carbocycles. The van der Waals surface area contributed by atoms with Gasteiger partial charge < -0.3 is 5.11 Å². The van der Waals surface area contributed by atoms with E-state index in [0.29, 0.717) is 10.2 Å². The van der Waals surface area contributed by atoms with E-state index in [-0.39, 0.29) is 5.92 Å². The van der Waals surface area contributed by atoms with Crippen molar-refractivity contribution in [2.45, 2.75) is 31.6 Å². The Hall–Kier alpha value is -0.910. The van der Waals surface area contributed by atoms with Gasteiger partial charge in [0.25, 0.3) is 0 Å². The molecule has 0 aromatic heterocycles. The molecular formula is C15H17IO3. The first kappa shape index (κ1) is 14.5. The standard InChI is InChI=1S/C15H17IO3/c16-9-13(15(18)19)11-6-4-10(5-7-11)8-12-2-1-3-14(12)17/h4-7,12-13H,1-3,8-9H2,(H,18,19). The SMILES string of the molecule is O=C1CCCC1Cc1ccc(C(CI)C(=O)O)cc1. The predicted molar refractivity (Wildman–Crippen MR) is 81.8 cm³/mol. The quantitative estimate of drug-likeness (QED) is 0.638. The third-order valence-electron chi connectivity index (χ3n) is 3.75. The van der Waals surface area contributed by atoms with Crippen LogP contribution in [0.1, 0.15) is 36.3 Å². The first-order valence-electron chi connectivity index (χ1n) is 6.52. The lowest BCUT2D eigenvalue weighted by molar-refractivity contribution is -0.138. The summed E-state index contributed by atoms with van der Waals surface area (Å²) in [5.74, 6) is -0.679. The van der Waals surface area contributed by atoms with Crippen molar-refractivity contribution >= 4 is 34.3 Å². The van der Waals surface area contributed by atoms with Crippen LogP contribution in [0.2, 0.25) is 0 Å². The van der Waals surface area contributed by atoms with E-state index in [1.807, 2.05) is 24.3 Å². The summed E-state index contributed by atoms with van der Waals surface area (Å²) in [6.45, 7) is 0. The molecule has 1 fully saturated rings. The highest BCUT2D eigenvalue weighted by atomic mass is 127. The molecule has 0 saturated heterocycles. The summed E-state index contributed by atoms with van der Waals surface area (Å²) in [7, 11) is 0. The van der Waals surface area contributed by atoms with Crippen molar-refractivity contribution in [3.8, 4) is 0 Å². The topological polar surface area (TPSA) is 54.4 Å². The van der Waals surface area contributed by atoms with Crippen LogP contribution >= 0.6 is 22.6 Å². The first-order valence-corrected chi connectivity index (χ1v) is 8.04. The van der Waals surface area contributed by atoms with Crippen molar-refractivity contribution in [1.29, 1.82) is 0 Å². The van der Waals surface area contributed by atoms with Crippen molar-refractivity contribution in [3.63, 3.8) is 0 Å². The van der Waals surface area contributed by atoms with Crippen LogP contribution in [0, 0.1) is 5.92 Å². The van der Waals surface area contributed by atoms with Crippen molar-refractivity contribution in [2.75, 3.05) is 4.43 Å². The summed E-state index contributed by atoms with van der Waals surface area (Å²) in [6.07, 6.45) is 3.52. The Labute approximate surface area is 126 Å². The Balaban J connectivity index is 2.05. The number of carboxylic acid groups (broad SMARTS) is 1. The number of benzene rings is 1. The maximum absolute atomic E-state index is 11.6. The molecule has 2 atom stereocenters. The molecule has 2 unspecified atom stereocenters. The minimum atomic E-state index is -0.784. The minimum Gasteiger partial charge on any atom is -0.481 e. The highest BCUT2D eigenvalue weighted by Crippen LogP contribution is 2.26. The molecule has 1 saturated carbocycles. The number of alkyl halides is 1. The molecule has 3 nitrogen and oxygen atoms in total. The second kappa shape index (κ2) is 6.50. The van der Waals surface area contributed by atoms with E-state index in [9.17, 15) is 9.59 Å². The van der Waals surface area contributed by atoms with Crippen LogP contribution in [0.25, 0.3) is 0 Å². The summed E-state index contributed by atoms with van der Waals surface area (Å²) >= 11 is 2.09. The van der Waals surface area contributed by atoms with E-state index < -0.39 is 11.9 Å². The fourth-order valence-electron chi connectivity index (χ4n) is 2.57. The lowest BCUT2D eigenvalue weighted by atomic mass is 9.94. The molecule has 2 rings (SSSR count). The molecule has 1 aliphatic rings.